The van der Waals surface area contributed by atoms with Gasteiger partial charge in [0.25, 0.3) is 5.91 Å². The third-order valence-corrected chi connectivity index (χ3v) is 10.2. The number of amides is 1. The van der Waals surface area contributed by atoms with E-state index in [1.807, 2.05) is 25.4 Å². The molecule has 2 aliphatic rings. The molecule has 0 spiro atoms. The molecule has 0 unspecified atom stereocenters. The number of carbonyl (C=O) groups is 1. The summed E-state index contributed by atoms with van der Waals surface area (Å²) in [4.78, 5) is 17.2. The van der Waals surface area contributed by atoms with Gasteiger partial charge >= 0.3 is 0 Å². The minimum atomic E-state index is 0.0603. The number of nitrogens with zero attached hydrogens (tertiary/aromatic N) is 4. The predicted octanol–water partition coefficient (Wildman–Crippen LogP) is 7.78. The van der Waals surface area contributed by atoms with Crippen molar-refractivity contribution in [2.45, 2.75) is 77.4 Å². The van der Waals surface area contributed by atoms with Crippen LogP contribution in [0.25, 0.3) is 22.0 Å². The zero-order valence-electron chi connectivity index (χ0n) is 29.2. The van der Waals surface area contributed by atoms with E-state index < -0.39 is 0 Å². The van der Waals surface area contributed by atoms with Crippen LogP contribution in [0.2, 0.25) is 0 Å². The van der Waals surface area contributed by atoms with Crippen LogP contribution in [0.5, 0.6) is 0 Å². The molecule has 7 nitrogen and oxygen atoms in total. The number of hydrogen-bond acceptors (Lipinski definition) is 5. The number of benzene rings is 3. The monoisotopic (exact) mass is 649 g/mol. The predicted molar refractivity (Wildman–Crippen MR) is 196 cm³/mol. The fourth-order valence-electron chi connectivity index (χ4n) is 7.05. The van der Waals surface area contributed by atoms with Crippen molar-refractivity contribution in [3.05, 3.63) is 89.6 Å². The third-order valence-electron chi connectivity index (χ3n) is 10.2. The van der Waals surface area contributed by atoms with E-state index in [2.05, 4.69) is 81.6 Å². The van der Waals surface area contributed by atoms with Gasteiger partial charge in [0.05, 0.1) is 11.7 Å². The topological polar surface area (TPSA) is 62.6 Å². The lowest BCUT2D eigenvalue weighted by Gasteiger charge is -2.26. The molecule has 0 radical (unpaired) electrons. The summed E-state index contributed by atoms with van der Waals surface area (Å²) in [6.45, 7) is 7.09. The van der Waals surface area contributed by atoms with Crippen molar-refractivity contribution < 1.29 is 9.53 Å². The van der Waals surface area contributed by atoms with Crippen LogP contribution in [0.15, 0.2) is 72.9 Å². The summed E-state index contributed by atoms with van der Waals surface area (Å²) < 4.78 is 8.03. The van der Waals surface area contributed by atoms with Gasteiger partial charge in [0.1, 0.15) is 0 Å². The summed E-state index contributed by atoms with van der Waals surface area (Å²) in [6, 6.07) is 23.5. The SMILES string of the molecule is CN(CCCOCCCN(C)C(=O)c1ccc(CNCc2ccc(-c3ccc4c(cnn4CC4CC4)c3)cc2)cc1)CC1CCCCC1. The molecule has 48 heavy (non-hydrogen) atoms. The van der Waals surface area contributed by atoms with Crippen LogP contribution in [0.1, 0.15) is 79.3 Å². The summed E-state index contributed by atoms with van der Waals surface area (Å²) in [6.07, 6.45) is 13.6. The molecule has 6 rings (SSSR count). The highest BCUT2D eigenvalue weighted by molar-refractivity contribution is 5.94. The summed E-state index contributed by atoms with van der Waals surface area (Å²) >= 11 is 0. The van der Waals surface area contributed by atoms with Crippen molar-refractivity contribution in [1.82, 2.24) is 24.9 Å². The summed E-state index contributed by atoms with van der Waals surface area (Å²) in [5.74, 6) is 1.76. The van der Waals surface area contributed by atoms with Crippen LogP contribution >= 0.6 is 0 Å². The van der Waals surface area contributed by atoms with Gasteiger partial charge in [-0.3, -0.25) is 9.48 Å². The van der Waals surface area contributed by atoms with Crippen molar-refractivity contribution in [2.75, 3.05) is 46.9 Å². The number of hydrogen-bond donors (Lipinski definition) is 1. The average Bonchev–Trinajstić information content (AvgIpc) is 3.85. The quantitative estimate of drug-likeness (QED) is 0.112. The number of carbonyl (C=O) groups excluding carboxylic acids is 1. The van der Waals surface area contributed by atoms with E-state index in [4.69, 9.17) is 4.74 Å². The minimum absolute atomic E-state index is 0.0603. The van der Waals surface area contributed by atoms with Gasteiger partial charge in [0, 0.05) is 70.5 Å². The summed E-state index contributed by atoms with van der Waals surface area (Å²) in [5, 5.41) is 9.38. The highest BCUT2D eigenvalue weighted by Gasteiger charge is 2.22. The van der Waals surface area contributed by atoms with Crippen LogP contribution in [-0.4, -0.2) is 72.4 Å². The van der Waals surface area contributed by atoms with E-state index >= 15 is 0 Å². The Hall–Kier alpha value is -3.52. The first-order valence-corrected chi connectivity index (χ1v) is 18.4. The van der Waals surface area contributed by atoms with E-state index in [1.165, 1.54) is 84.6 Å². The molecule has 1 aromatic heterocycles. The van der Waals surface area contributed by atoms with Crippen LogP contribution < -0.4 is 5.32 Å². The first kappa shape index (κ1) is 34.3. The molecule has 2 fully saturated rings. The molecule has 1 N–H and O–H groups in total. The van der Waals surface area contributed by atoms with Gasteiger partial charge in [-0.05, 0) is 104 Å². The molecule has 0 aliphatic heterocycles. The molecule has 1 heterocycles. The zero-order chi connectivity index (χ0) is 33.1. The van der Waals surface area contributed by atoms with Gasteiger partial charge in [-0.25, -0.2) is 0 Å². The van der Waals surface area contributed by atoms with E-state index in [-0.39, 0.29) is 5.91 Å². The lowest BCUT2D eigenvalue weighted by molar-refractivity contribution is 0.0757. The molecule has 3 aromatic carbocycles. The highest BCUT2D eigenvalue weighted by Crippen LogP contribution is 2.32. The van der Waals surface area contributed by atoms with E-state index in [0.717, 1.165) is 63.0 Å². The average molecular weight is 650 g/mol. The molecule has 0 atom stereocenters. The maximum atomic E-state index is 13.0. The Morgan fingerprint density at radius 1 is 0.812 bits per heavy atom. The van der Waals surface area contributed by atoms with Crippen molar-refractivity contribution >= 4 is 16.8 Å². The fraction of sp³-hybridized carbons (Fsp3) is 0.512. The van der Waals surface area contributed by atoms with E-state index in [0.29, 0.717) is 13.2 Å². The van der Waals surface area contributed by atoms with Crippen molar-refractivity contribution in [3.8, 4) is 11.1 Å². The second-order valence-corrected chi connectivity index (χ2v) is 14.4. The normalized spacial score (nSPS) is 15.4. The van der Waals surface area contributed by atoms with Gasteiger partial charge in [-0.1, -0.05) is 61.7 Å². The largest absolute Gasteiger partial charge is 0.381 e. The second-order valence-electron chi connectivity index (χ2n) is 14.4. The van der Waals surface area contributed by atoms with Gasteiger partial charge in [0.2, 0.25) is 0 Å². The van der Waals surface area contributed by atoms with Crippen LogP contribution in [0.3, 0.4) is 0 Å². The van der Waals surface area contributed by atoms with E-state index in [1.54, 1.807) is 4.90 Å². The Morgan fingerprint density at radius 2 is 1.48 bits per heavy atom. The maximum absolute atomic E-state index is 13.0. The van der Waals surface area contributed by atoms with Crippen LogP contribution in [-0.2, 0) is 24.4 Å². The smallest absolute Gasteiger partial charge is 0.253 e. The molecule has 4 aromatic rings. The Bertz CT molecular complexity index is 1570. The Labute approximate surface area is 287 Å². The summed E-state index contributed by atoms with van der Waals surface area (Å²) in [7, 11) is 4.12. The molecule has 0 bridgehead atoms. The van der Waals surface area contributed by atoms with Crippen molar-refractivity contribution in [1.29, 1.82) is 0 Å². The zero-order valence-corrected chi connectivity index (χ0v) is 29.2. The second kappa shape index (κ2) is 17.2. The van der Waals surface area contributed by atoms with E-state index in [9.17, 15) is 4.79 Å². The third kappa shape index (κ3) is 10.0. The summed E-state index contributed by atoms with van der Waals surface area (Å²) in [5.41, 5.74) is 6.81. The van der Waals surface area contributed by atoms with Gasteiger partial charge in [-0.2, -0.15) is 5.10 Å². The van der Waals surface area contributed by atoms with Crippen LogP contribution in [0.4, 0.5) is 0 Å². The maximum Gasteiger partial charge on any atom is 0.253 e. The minimum Gasteiger partial charge on any atom is -0.381 e. The number of fused-ring (bicyclic) bond motifs is 1. The lowest BCUT2D eigenvalue weighted by Crippen LogP contribution is -2.29. The van der Waals surface area contributed by atoms with Crippen molar-refractivity contribution in [3.63, 3.8) is 0 Å². The lowest BCUT2D eigenvalue weighted by atomic mass is 9.89. The molecule has 2 saturated carbocycles. The Balaban J connectivity index is 0.853. The van der Waals surface area contributed by atoms with Gasteiger partial charge in [-0.15, -0.1) is 0 Å². The number of aromatic nitrogens is 2. The fourth-order valence-corrected chi connectivity index (χ4v) is 7.05. The molecule has 2 aliphatic carbocycles. The van der Waals surface area contributed by atoms with Crippen molar-refractivity contribution in [2.24, 2.45) is 11.8 Å². The highest BCUT2D eigenvalue weighted by atomic mass is 16.5. The first-order chi connectivity index (χ1) is 23.5. The Kier molecular flexibility index (Phi) is 12.3. The number of ether oxygens (including phenoxy) is 1. The standard InChI is InChI=1S/C41H55N5O2/c1-44(30-34-8-4-3-5-9-34)22-6-24-48-25-7-23-45(2)41(47)37-18-14-33(15-19-37)28-42-27-32-12-16-36(17-13-32)38-20-21-40-39(26-38)29-43-46(40)31-35-10-11-35/h12-21,26,29,34-35,42H,3-11,22-25,27-28,30-31H2,1-2H3. The first-order valence-electron chi connectivity index (χ1n) is 18.4. The molecule has 256 valence electrons. The molecular weight excluding hydrogens is 594 g/mol. The Morgan fingerprint density at radius 3 is 2.19 bits per heavy atom. The molecule has 1 amide bonds. The number of rotatable bonds is 18. The number of nitrogens with one attached hydrogen (secondary N) is 1. The van der Waals surface area contributed by atoms with Gasteiger partial charge in [0.15, 0.2) is 0 Å². The molecular formula is C41H55N5O2. The van der Waals surface area contributed by atoms with Gasteiger partial charge < -0.3 is 19.9 Å². The molecule has 0 saturated heterocycles. The van der Waals surface area contributed by atoms with Crippen LogP contribution in [0, 0.1) is 11.8 Å². The molecule has 7 heteroatoms.